The molecule has 0 spiro atoms. The van der Waals surface area contributed by atoms with Crippen molar-refractivity contribution in [3.05, 3.63) is 0 Å². The van der Waals surface area contributed by atoms with Gasteiger partial charge in [-0.05, 0) is 0 Å². The van der Waals surface area contributed by atoms with E-state index < -0.39 is 43.6 Å². The van der Waals surface area contributed by atoms with Gasteiger partial charge in [-0.2, -0.15) is 0 Å². The molecule has 0 fully saturated rings. The van der Waals surface area contributed by atoms with Crippen LogP contribution >= 0.6 is 0 Å². The average molecular weight is 316 g/mol. The third-order valence-corrected chi connectivity index (χ3v) is 6.61. The maximum atomic E-state index is 10.6. The normalized spacial score (nSPS) is 9.62. The van der Waals surface area contributed by atoms with Crippen molar-refractivity contribution in [1.82, 2.24) is 0 Å². The molecule has 0 aromatic rings. The van der Waals surface area contributed by atoms with E-state index >= 15 is 0 Å². The van der Waals surface area contributed by atoms with Gasteiger partial charge in [0.25, 0.3) is 0 Å². The molecule has 0 N–H and O–H groups in total. The predicted octanol–water partition coefficient (Wildman–Crippen LogP) is 0.903. The second kappa shape index (κ2) is 6.53. The minimum atomic E-state index is -3.43. The summed E-state index contributed by atoms with van der Waals surface area (Å²) in [5.74, 6) is -0.929. The van der Waals surface area contributed by atoms with Crippen molar-refractivity contribution < 1.29 is 46.3 Å². The van der Waals surface area contributed by atoms with Crippen molar-refractivity contribution in [2.24, 2.45) is 0 Å². The maximum absolute atomic E-state index is 10.6. The SMILES string of the molecule is CC(=O)[O][La]([O]C(C)=O)[O]C(C)C. The molecule has 0 saturated heterocycles. The zero-order chi connectivity index (χ0) is 10.4. The summed E-state index contributed by atoms with van der Waals surface area (Å²) in [6.07, 6.45) is -0.0923. The molecule has 0 aliphatic rings. The number of carbonyl (C=O) groups excluding carboxylic acids is 2. The average Bonchev–Trinajstić information content (AvgIpc) is 1.80. The summed E-state index contributed by atoms with van der Waals surface area (Å²) in [6, 6.07) is 0. The molecule has 5 nitrogen and oxygen atoms in total. The molecule has 0 aromatic carbocycles. The fraction of sp³-hybridized carbons (Fsp3) is 0.714. The van der Waals surface area contributed by atoms with Gasteiger partial charge >= 0.3 is 92.1 Å². The first-order chi connectivity index (χ1) is 5.91. The molecule has 0 amide bonds. The van der Waals surface area contributed by atoms with Crippen molar-refractivity contribution in [1.29, 1.82) is 0 Å². The van der Waals surface area contributed by atoms with Crippen LogP contribution in [0.4, 0.5) is 0 Å². The van der Waals surface area contributed by atoms with Gasteiger partial charge < -0.3 is 0 Å². The summed E-state index contributed by atoms with van der Waals surface area (Å²) >= 11 is -3.43. The van der Waals surface area contributed by atoms with Crippen LogP contribution in [0.5, 0.6) is 0 Å². The van der Waals surface area contributed by atoms with E-state index in [2.05, 4.69) is 0 Å². The monoisotopic (exact) mass is 316 g/mol. The number of rotatable bonds is 4. The number of hydrogen-bond acceptors (Lipinski definition) is 5. The third kappa shape index (κ3) is 8.43. The number of hydrogen-bond donors (Lipinski definition) is 0. The third-order valence-electron chi connectivity index (χ3n) is 0.908. The van der Waals surface area contributed by atoms with Crippen molar-refractivity contribution in [3.8, 4) is 0 Å². The first-order valence-electron chi connectivity index (χ1n) is 3.91. The van der Waals surface area contributed by atoms with Gasteiger partial charge in [-0.15, -0.1) is 0 Å². The van der Waals surface area contributed by atoms with Crippen LogP contribution in [-0.4, -0.2) is 18.0 Å². The quantitative estimate of drug-likeness (QED) is 0.771. The van der Waals surface area contributed by atoms with Crippen LogP contribution in [0.2, 0.25) is 0 Å². The fourth-order valence-electron chi connectivity index (χ4n) is 0.573. The van der Waals surface area contributed by atoms with E-state index in [1.54, 1.807) is 13.8 Å². The molecule has 6 heteroatoms. The van der Waals surface area contributed by atoms with Gasteiger partial charge in [0.05, 0.1) is 0 Å². The van der Waals surface area contributed by atoms with E-state index in [-0.39, 0.29) is 6.10 Å². The zero-order valence-corrected chi connectivity index (χ0v) is 11.8. The Balaban J connectivity index is 4.02. The van der Waals surface area contributed by atoms with Crippen molar-refractivity contribution >= 4 is 11.9 Å². The molecule has 0 saturated carbocycles. The van der Waals surface area contributed by atoms with Crippen LogP contribution in [0, 0.1) is 31.6 Å². The Kier molecular flexibility index (Phi) is 6.58. The first kappa shape index (κ1) is 13.1. The second-order valence-electron chi connectivity index (χ2n) is 2.69. The molecule has 0 atom stereocenters. The van der Waals surface area contributed by atoms with Gasteiger partial charge in [0, 0.05) is 0 Å². The second-order valence-corrected chi connectivity index (χ2v) is 6.84. The molecule has 0 radical (unpaired) electrons. The van der Waals surface area contributed by atoms with Gasteiger partial charge in [0.2, 0.25) is 0 Å². The van der Waals surface area contributed by atoms with Crippen LogP contribution in [-0.2, 0) is 14.7 Å². The minimum absolute atomic E-state index is 0.0923. The van der Waals surface area contributed by atoms with Gasteiger partial charge in [0.1, 0.15) is 0 Å². The Morgan fingerprint density at radius 3 is 1.69 bits per heavy atom. The first-order valence-corrected chi connectivity index (χ1v) is 8.35. The molecular weight excluding hydrogens is 303 g/mol. The summed E-state index contributed by atoms with van der Waals surface area (Å²) < 4.78 is 14.8. The summed E-state index contributed by atoms with van der Waals surface area (Å²) in [5.41, 5.74) is 0. The van der Waals surface area contributed by atoms with E-state index in [9.17, 15) is 9.59 Å². The van der Waals surface area contributed by atoms with Crippen molar-refractivity contribution in [2.75, 3.05) is 0 Å². The van der Waals surface area contributed by atoms with E-state index in [0.717, 1.165) is 0 Å². The van der Waals surface area contributed by atoms with Crippen LogP contribution in [0.15, 0.2) is 0 Å². The number of carbonyl (C=O) groups is 2. The van der Waals surface area contributed by atoms with E-state index in [0.29, 0.717) is 0 Å². The molecule has 0 aliphatic carbocycles. The van der Waals surface area contributed by atoms with Crippen LogP contribution in [0.25, 0.3) is 0 Å². The van der Waals surface area contributed by atoms with E-state index in [1.165, 1.54) is 13.8 Å². The van der Waals surface area contributed by atoms with Crippen LogP contribution in [0.1, 0.15) is 27.7 Å². The zero-order valence-electron chi connectivity index (χ0n) is 8.20. The molecule has 0 heterocycles. The molecular formula is C7H13LaO5. The van der Waals surface area contributed by atoms with Gasteiger partial charge in [-0.25, -0.2) is 0 Å². The van der Waals surface area contributed by atoms with E-state index in [4.69, 9.17) is 5.11 Å². The molecule has 0 aliphatic heterocycles. The predicted molar refractivity (Wildman–Crippen MR) is 39.8 cm³/mol. The summed E-state index contributed by atoms with van der Waals surface area (Å²) in [6.45, 7) is 6.11. The van der Waals surface area contributed by atoms with Crippen LogP contribution < -0.4 is 0 Å². The molecule has 74 valence electrons. The van der Waals surface area contributed by atoms with Gasteiger partial charge in [-0.1, -0.05) is 0 Å². The Morgan fingerprint density at radius 1 is 1.08 bits per heavy atom. The summed E-state index contributed by atoms with van der Waals surface area (Å²) in [4.78, 5) is 21.2. The molecule has 13 heavy (non-hydrogen) atoms. The molecule has 0 bridgehead atoms. The molecule has 0 aromatic heterocycles. The summed E-state index contributed by atoms with van der Waals surface area (Å²) in [5, 5.41) is 0. The standard InChI is InChI=1S/C3H7O.2C2H4O2.La/c1-3(2)4;2*1-2(3)4;/h3H,1-2H3;2*1H3,(H,3,4);/q-1;;;+3/p-2. The Morgan fingerprint density at radius 2 is 1.46 bits per heavy atom. The van der Waals surface area contributed by atoms with Gasteiger partial charge in [0.15, 0.2) is 0 Å². The van der Waals surface area contributed by atoms with Gasteiger partial charge in [-0.3, -0.25) is 0 Å². The van der Waals surface area contributed by atoms with E-state index in [1.807, 2.05) is 0 Å². The summed E-state index contributed by atoms with van der Waals surface area (Å²) in [7, 11) is 0. The fourth-order valence-corrected chi connectivity index (χ4v) is 4.17. The van der Waals surface area contributed by atoms with Crippen LogP contribution in [0.3, 0.4) is 0 Å². The Hall–Kier alpha value is 0.0948. The topological polar surface area (TPSA) is 61.8 Å². The molecule has 0 rings (SSSR count). The Bertz CT molecular complexity index is 175. The van der Waals surface area contributed by atoms with Crippen molar-refractivity contribution in [2.45, 2.75) is 33.8 Å². The molecule has 0 unspecified atom stereocenters. The van der Waals surface area contributed by atoms with Crippen molar-refractivity contribution in [3.63, 3.8) is 0 Å². The Labute approximate surface area is 91.6 Å².